The summed E-state index contributed by atoms with van der Waals surface area (Å²) in [7, 11) is 0. The van der Waals surface area contributed by atoms with Crippen LogP contribution in [0, 0.1) is 5.82 Å². The maximum atomic E-state index is 12.7. The molecular weight excluding hydrogens is 259 g/mol. The van der Waals surface area contributed by atoms with Crippen LogP contribution in [0.3, 0.4) is 0 Å². The molecule has 4 heteroatoms. The summed E-state index contributed by atoms with van der Waals surface area (Å²) in [5.41, 5.74) is 0. The fraction of sp³-hybridized carbons (Fsp3) is 0.545. The second-order valence-corrected chi connectivity index (χ2v) is 4.48. The molecule has 82 valence electrons. The van der Waals surface area contributed by atoms with Crippen LogP contribution >= 0.6 is 15.9 Å². The minimum atomic E-state index is -0.272. The monoisotopic (exact) mass is 272 g/mol. The summed E-state index contributed by atoms with van der Waals surface area (Å²) in [5, 5.41) is 0.950. The number of pyridine rings is 1. The van der Waals surface area contributed by atoms with Crippen LogP contribution in [0.2, 0.25) is 0 Å². The van der Waals surface area contributed by atoms with Crippen molar-refractivity contribution < 1.29 is 4.39 Å². The molecule has 0 radical (unpaired) electrons. The summed E-state index contributed by atoms with van der Waals surface area (Å²) >= 11 is 3.52. The van der Waals surface area contributed by atoms with Gasteiger partial charge in [-0.15, -0.1) is 0 Å². The van der Waals surface area contributed by atoms with Crippen LogP contribution in [0.5, 0.6) is 0 Å². The van der Waals surface area contributed by atoms with E-state index in [2.05, 4.69) is 25.8 Å². The molecule has 0 N–H and O–H groups in total. The number of halogens is 2. The van der Waals surface area contributed by atoms with E-state index in [1.165, 1.54) is 31.5 Å². The molecule has 1 aromatic heterocycles. The van der Waals surface area contributed by atoms with E-state index in [4.69, 9.17) is 0 Å². The summed E-state index contributed by atoms with van der Waals surface area (Å²) in [6.45, 7) is 1.02. The summed E-state index contributed by atoms with van der Waals surface area (Å²) in [6, 6.07) is 3.73. The fourth-order valence-electron chi connectivity index (χ4n) is 2.00. The third-order valence-electron chi connectivity index (χ3n) is 2.81. The first kappa shape index (κ1) is 10.9. The molecule has 2 heterocycles. The Bertz CT molecular complexity index is 315. The summed E-state index contributed by atoms with van der Waals surface area (Å²) < 4.78 is 12.7. The molecule has 2 rings (SSSR count). The molecule has 1 aliphatic heterocycles. The van der Waals surface area contributed by atoms with Crippen LogP contribution in [0.25, 0.3) is 0 Å². The molecule has 1 saturated heterocycles. The van der Waals surface area contributed by atoms with Gasteiger partial charge in [0.2, 0.25) is 0 Å². The van der Waals surface area contributed by atoms with Crippen LogP contribution in [0.15, 0.2) is 18.3 Å². The maximum absolute atomic E-state index is 12.7. The minimum absolute atomic E-state index is 0.272. The number of alkyl halides is 1. The number of nitrogens with zero attached hydrogens (tertiary/aromatic N) is 2. The van der Waals surface area contributed by atoms with E-state index in [1.807, 2.05) is 0 Å². The Morgan fingerprint density at radius 1 is 1.47 bits per heavy atom. The SMILES string of the molecule is Fc1ccc(N2CCCCC2CBr)nc1. The molecule has 1 atom stereocenters. The maximum Gasteiger partial charge on any atom is 0.141 e. The summed E-state index contributed by atoms with van der Waals surface area (Å²) in [4.78, 5) is 6.39. The lowest BCUT2D eigenvalue weighted by Gasteiger charge is -2.35. The Kier molecular flexibility index (Phi) is 3.57. The predicted octanol–water partition coefficient (Wildman–Crippen LogP) is 2.97. The van der Waals surface area contributed by atoms with Gasteiger partial charge in [0.1, 0.15) is 11.6 Å². The zero-order valence-corrected chi connectivity index (χ0v) is 10.1. The van der Waals surface area contributed by atoms with E-state index in [0.29, 0.717) is 6.04 Å². The highest BCUT2D eigenvalue weighted by atomic mass is 79.9. The van der Waals surface area contributed by atoms with Gasteiger partial charge in [0, 0.05) is 17.9 Å². The van der Waals surface area contributed by atoms with Gasteiger partial charge in [-0.1, -0.05) is 15.9 Å². The molecule has 15 heavy (non-hydrogen) atoms. The highest BCUT2D eigenvalue weighted by molar-refractivity contribution is 9.09. The minimum Gasteiger partial charge on any atom is -0.353 e. The quantitative estimate of drug-likeness (QED) is 0.770. The average Bonchev–Trinajstić information content (AvgIpc) is 2.30. The topological polar surface area (TPSA) is 16.1 Å². The second kappa shape index (κ2) is 4.92. The average molecular weight is 273 g/mol. The van der Waals surface area contributed by atoms with E-state index in [0.717, 1.165) is 17.7 Å². The lowest BCUT2D eigenvalue weighted by molar-refractivity contribution is 0.487. The molecule has 0 aliphatic carbocycles. The van der Waals surface area contributed by atoms with Gasteiger partial charge in [0.05, 0.1) is 6.20 Å². The van der Waals surface area contributed by atoms with Crippen molar-refractivity contribution >= 4 is 21.7 Å². The van der Waals surface area contributed by atoms with Crippen molar-refractivity contribution in [3.63, 3.8) is 0 Å². The predicted molar refractivity (Wildman–Crippen MR) is 63.0 cm³/mol. The van der Waals surface area contributed by atoms with E-state index in [1.54, 1.807) is 6.07 Å². The number of hydrogen-bond acceptors (Lipinski definition) is 2. The smallest absolute Gasteiger partial charge is 0.141 e. The van der Waals surface area contributed by atoms with Crippen LogP contribution in [-0.4, -0.2) is 22.9 Å². The normalized spacial score (nSPS) is 21.7. The zero-order chi connectivity index (χ0) is 10.7. The van der Waals surface area contributed by atoms with Gasteiger partial charge in [-0.2, -0.15) is 0 Å². The highest BCUT2D eigenvalue weighted by Gasteiger charge is 2.22. The Balaban J connectivity index is 2.16. The molecule has 0 saturated carbocycles. The molecule has 1 fully saturated rings. The third-order valence-corrected chi connectivity index (χ3v) is 3.56. The van der Waals surface area contributed by atoms with Gasteiger partial charge in [0.25, 0.3) is 0 Å². The molecular formula is C11H14BrFN2. The Labute approximate surface area is 97.6 Å². The first-order chi connectivity index (χ1) is 7.31. The van der Waals surface area contributed by atoms with Gasteiger partial charge < -0.3 is 4.90 Å². The summed E-state index contributed by atoms with van der Waals surface area (Å²) in [5.74, 6) is 0.617. The highest BCUT2D eigenvalue weighted by Crippen LogP contribution is 2.24. The number of hydrogen-bond donors (Lipinski definition) is 0. The van der Waals surface area contributed by atoms with Crippen LogP contribution in [0.4, 0.5) is 10.2 Å². The van der Waals surface area contributed by atoms with Gasteiger partial charge in [-0.25, -0.2) is 9.37 Å². The van der Waals surface area contributed by atoms with Crippen molar-refractivity contribution in [3.8, 4) is 0 Å². The molecule has 2 nitrogen and oxygen atoms in total. The zero-order valence-electron chi connectivity index (χ0n) is 8.50. The van der Waals surface area contributed by atoms with Crippen molar-refractivity contribution in [2.75, 3.05) is 16.8 Å². The van der Waals surface area contributed by atoms with Crippen LogP contribution in [0.1, 0.15) is 19.3 Å². The second-order valence-electron chi connectivity index (χ2n) is 3.83. The summed E-state index contributed by atoms with van der Waals surface area (Å²) in [6.07, 6.45) is 4.94. The van der Waals surface area contributed by atoms with Crippen molar-refractivity contribution in [1.29, 1.82) is 0 Å². The van der Waals surface area contributed by atoms with E-state index >= 15 is 0 Å². The van der Waals surface area contributed by atoms with E-state index in [-0.39, 0.29) is 5.82 Å². The molecule has 0 bridgehead atoms. The Morgan fingerprint density at radius 3 is 3.00 bits per heavy atom. The van der Waals surface area contributed by atoms with Crippen molar-refractivity contribution in [2.24, 2.45) is 0 Å². The van der Waals surface area contributed by atoms with Crippen LogP contribution < -0.4 is 4.90 Å². The number of piperidine rings is 1. The lowest BCUT2D eigenvalue weighted by atomic mass is 10.0. The van der Waals surface area contributed by atoms with Gasteiger partial charge in [0.15, 0.2) is 0 Å². The van der Waals surface area contributed by atoms with Crippen molar-refractivity contribution in [2.45, 2.75) is 25.3 Å². The number of rotatable bonds is 2. The third kappa shape index (κ3) is 2.48. The van der Waals surface area contributed by atoms with Crippen LogP contribution in [-0.2, 0) is 0 Å². The first-order valence-corrected chi connectivity index (χ1v) is 6.37. The molecule has 0 amide bonds. The number of anilines is 1. The molecule has 0 spiro atoms. The largest absolute Gasteiger partial charge is 0.353 e. The van der Waals surface area contributed by atoms with Gasteiger partial charge >= 0.3 is 0 Å². The fourth-order valence-corrected chi connectivity index (χ4v) is 2.67. The molecule has 1 aliphatic rings. The van der Waals surface area contributed by atoms with E-state index < -0.39 is 0 Å². The standard InChI is InChI=1S/C11H14BrFN2/c12-7-10-3-1-2-6-15(10)11-5-4-9(13)8-14-11/h4-5,8,10H,1-3,6-7H2. The molecule has 0 aromatic carbocycles. The van der Waals surface area contributed by atoms with Crippen molar-refractivity contribution in [3.05, 3.63) is 24.1 Å². The number of aromatic nitrogens is 1. The van der Waals surface area contributed by atoms with E-state index in [9.17, 15) is 4.39 Å². The van der Waals surface area contributed by atoms with Gasteiger partial charge in [-0.05, 0) is 31.4 Å². The van der Waals surface area contributed by atoms with Gasteiger partial charge in [-0.3, -0.25) is 0 Å². The molecule has 1 unspecified atom stereocenters. The van der Waals surface area contributed by atoms with Crippen molar-refractivity contribution in [1.82, 2.24) is 4.98 Å². The Morgan fingerprint density at radius 2 is 2.33 bits per heavy atom. The lowest BCUT2D eigenvalue weighted by Crippen LogP contribution is -2.41. The molecule has 1 aromatic rings. The Hall–Kier alpha value is -0.640. The first-order valence-electron chi connectivity index (χ1n) is 5.25.